The van der Waals surface area contributed by atoms with Gasteiger partial charge in [0.05, 0.1) is 12.2 Å². The SMILES string of the molecule is CC1=C(c2ccc(C3=C(C)C4OC(C3C)C3OC(C)(C)OC43)cc2)C(C)C2OC1C1OC(C)(C)OC21. The van der Waals surface area contributed by atoms with Crippen LogP contribution < -0.4 is 0 Å². The second-order valence-electron chi connectivity index (χ2n) is 12.5. The van der Waals surface area contributed by atoms with Gasteiger partial charge in [0.1, 0.15) is 36.6 Å². The van der Waals surface area contributed by atoms with Crippen LogP contribution in [0, 0.1) is 11.8 Å². The lowest BCUT2D eigenvalue weighted by Crippen LogP contribution is -2.36. The summed E-state index contributed by atoms with van der Waals surface area (Å²) < 4.78 is 37.9. The molecule has 0 aromatic heterocycles. The third kappa shape index (κ3) is 3.18. The zero-order valence-corrected chi connectivity index (χ0v) is 22.5. The molecule has 10 unspecified atom stereocenters. The van der Waals surface area contributed by atoms with Gasteiger partial charge in [-0.05, 0) is 75.0 Å². The van der Waals surface area contributed by atoms with Crippen LogP contribution in [-0.2, 0) is 28.4 Å². The van der Waals surface area contributed by atoms with E-state index in [4.69, 9.17) is 28.4 Å². The Kier molecular flexibility index (Phi) is 4.92. The lowest BCUT2D eigenvalue weighted by Gasteiger charge is -2.35. The minimum absolute atomic E-state index is 0.0138. The van der Waals surface area contributed by atoms with Gasteiger partial charge < -0.3 is 28.4 Å². The van der Waals surface area contributed by atoms with Gasteiger partial charge in [0.15, 0.2) is 11.6 Å². The summed E-state index contributed by atoms with van der Waals surface area (Å²) in [5, 5.41) is 0. The quantitative estimate of drug-likeness (QED) is 0.570. The first-order chi connectivity index (χ1) is 17.0. The van der Waals surface area contributed by atoms with Crippen LogP contribution in [0.5, 0.6) is 0 Å². The molecule has 6 aliphatic heterocycles. The van der Waals surface area contributed by atoms with Crippen LogP contribution in [0.1, 0.15) is 66.5 Å². The lowest BCUT2D eigenvalue weighted by molar-refractivity contribution is -0.187. The van der Waals surface area contributed by atoms with Crippen molar-refractivity contribution in [3.63, 3.8) is 0 Å². The molecule has 0 amide bonds. The Morgan fingerprint density at radius 3 is 1.22 bits per heavy atom. The van der Waals surface area contributed by atoms with Gasteiger partial charge in [-0.2, -0.15) is 0 Å². The number of fused-ring (bicyclic) bond motifs is 10. The molecular weight excluding hydrogens is 456 g/mol. The van der Waals surface area contributed by atoms with Crippen molar-refractivity contribution in [3.05, 3.63) is 46.5 Å². The maximum atomic E-state index is 6.41. The molecule has 4 saturated heterocycles. The maximum Gasteiger partial charge on any atom is 0.164 e. The summed E-state index contributed by atoms with van der Waals surface area (Å²) in [6.45, 7) is 16.9. The standard InChI is InChI=1S/C30H38O6/c1-13-19(14(2)22-26-25(21(13)31-22)33-29(5,6)34-26)17-9-11-18(12-10-17)20-15(3)23-27-28(24(32-23)16(20)4)36-30(7,8)35-27/h9-13,15,21-28H,1-8H3. The molecule has 10 atom stereocenters. The van der Waals surface area contributed by atoms with Gasteiger partial charge in [-0.25, -0.2) is 0 Å². The Balaban J connectivity index is 1.20. The second kappa shape index (κ2) is 7.52. The van der Waals surface area contributed by atoms with Gasteiger partial charge in [-0.1, -0.05) is 38.1 Å². The summed E-state index contributed by atoms with van der Waals surface area (Å²) in [5.74, 6) is -0.638. The summed E-state index contributed by atoms with van der Waals surface area (Å²) in [4.78, 5) is 0. The zero-order valence-electron chi connectivity index (χ0n) is 22.5. The minimum atomic E-state index is -0.551. The fraction of sp³-hybridized carbons (Fsp3) is 0.667. The zero-order chi connectivity index (χ0) is 25.3. The number of ether oxygens (including phenoxy) is 6. The van der Waals surface area contributed by atoms with Crippen molar-refractivity contribution in [1.29, 1.82) is 0 Å². The van der Waals surface area contributed by atoms with E-state index in [0.717, 1.165) is 0 Å². The molecule has 6 aliphatic rings. The molecule has 0 spiro atoms. The van der Waals surface area contributed by atoms with Crippen LogP contribution in [0.4, 0.5) is 0 Å². The van der Waals surface area contributed by atoms with Crippen molar-refractivity contribution in [2.75, 3.05) is 0 Å². The van der Waals surface area contributed by atoms with Crippen molar-refractivity contribution < 1.29 is 28.4 Å². The predicted molar refractivity (Wildman–Crippen MR) is 135 cm³/mol. The van der Waals surface area contributed by atoms with Crippen molar-refractivity contribution in [3.8, 4) is 0 Å². The molecule has 1 aromatic carbocycles. The van der Waals surface area contributed by atoms with Crippen LogP contribution >= 0.6 is 0 Å². The molecule has 6 heteroatoms. The Hall–Kier alpha value is -1.54. The first-order valence-electron chi connectivity index (χ1n) is 13.5. The van der Waals surface area contributed by atoms with E-state index >= 15 is 0 Å². The minimum Gasteiger partial charge on any atom is -0.364 e. The average molecular weight is 495 g/mol. The molecule has 7 rings (SSSR count). The maximum absolute atomic E-state index is 6.41. The Morgan fingerprint density at radius 1 is 0.528 bits per heavy atom. The number of hydrogen-bond acceptors (Lipinski definition) is 6. The molecule has 4 fully saturated rings. The van der Waals surface area contributed by atoms with E-state index in [2.05, 4.69) is 52.0 Å². The molecule has 6 nitrogen and oxygen atoms in total. The summed E-state index contributed by atoms with van der Waals surface area (Å²) in [5.41, 5.74) is 7.77. The number of benzene rings is 1. The Bertz CT molecular complexity index is 1070. The molecule has 6 heterocycles. The van der Waals surface area contributed by atoms with E-state index in [1.54, 1.807) is 0 Å². The average Bonchev–Trinajstić information content (AvgIpc) is 3.47. The van der Waals surface area contributed by atoms with Crippen molar-refractivity contribution in [2.24, 2.45) is 11.8 Å². The fourth-order valence-corrected chi connectivity index (χ4v) is 7.92. The van der Waals surface area contributed by atoms with Crippen LogP contribution in [0.25, 0.3) is 11.1 Å². The van der Waals surface area contributed by atoms with Crippen LogP contribution in [-0.4, -0.2) is 60.4 Å². The monoisotopic (exact) mass is 494 g/mol. The van der Waals surface area contributed by atoms with Crippen molar-refractivity contribution in [1.82, 2.24) is 0 Å². The molecule has 4 bridgehead atoms. The van der Waals surface area contributed by atoms with Crippen LogP contribution in [0.15, 0.2) is 35.4 Å². The Morgan fingerprint density at radius 2 is 0.861 bits per heavy atom. The van der Waals surface area contributed by atoms with Gasteiger partial charge in [-0.15, -0.1) is 0 Å². The van der Waals surface area contributed by atoms with Gasteiger partial charge >= 0.3 is 0 Å². The summed E-state index contributed by atoms with van der Waals surface area (Å²) in [6.07, 6.45) is -0.188. The Labute approximate surface area is 213 Å². The van der Waals surface area contributed by atoms with Crippen molar-refractivity contribution in [2.45, 2.75) is 116 Å². The van der Waals surface area contributed by atoms with E-state index in [-0.39, 0.29) is 60.7 Å². The highest BCUT2D eigenvalue weighted by molar-refractivity contribution is 5.77. The van der Waals surface area contributed by atoms with E-state index in [0.29, 0.717) is 0 Å². The van der Waals surface area contributed by atoms with Gasteiger partial charge in [-0.3, -0.25) is 0 Å². The fourth-order valence-electron chi connectivity index (χ4n) is 7.92. The largest absolute Gasteiger partial charge is 0.364 e. The third-order valence-electron chi connectivity index (χ3n) is 9.29. The molecule has 0 radical (unpaired) electrons. The smallest absolute Gasteiger partial charge is 0.164 e. The highest BCUT2D eigenvalue weighted by Gasteiger charge is 2.61. The predicted octanol–water partition coefficient (Wildman–Crippen LogP) is 5.11. The van der Waals surface area contributed by atoms with E-state index < -0.39 is 11.6 Å². The topological polar surface area (TPSA) is 55.4 Å². The lowest BCUT2D eigenvalue weighted by atomic mass is 9.82. The molecular formula is C30H38O6. The normalized spacial score (nSPS) is 45.9. The molecule has 0 aliphatic carbocycles. The van der Waals surface area contributed by atoms with Crippen LogP contribution in [0.3, 0.4) is 0 Å². The summed E-state index contributed by atoms with van der Waals surface area (Å²) >= 11 is 0. The molecule has 1 aromatic rings. The highest BCUT2D eigenvalue weighted by Crippen LogP contribution is 2.52. The number of hydrogen-bond donors (Lipinski definition) is 0. The van der Waals surface area contributed by atoms with E-state index in [1.807, 2.05) is 27.7 Å². The van der Waals surface area contributed by atoms with Crippen LogP contribution in [0.2, 0.25) is 0 Å². The molecule has 0 N–H and O–H groups in total. The molecule has 36 heavy (non-hydrogen) atoms. The highest BCUT2D eigenvalue weighted by atomic mass is 16.8. The summed E-state index contributed by atoms with van der Waals surface area (Å²) in [7, 11) is 0. The summed E-state index contributed by atoms with van der Waals surface area (Å²) in [6, 6.07) is 9.10. The van der Waals surface area contributed by atoms with Gasteiger partial charge in [0, 0.05) is 11.8 Å². The van der Waals surface area contributed by atoms with E-state index in [1.165, 1.54) is 33.4 Å². The number of rotatable bonds is 2. The second-order valence-corrected chi connectivity index (χ2v) is 12.5. The van der Waals surface area contributed by atoms with Gasteiger partial charge in [0.2, 0.25) is 0 Å². The first-order valence-corrected chi connectivity index (χ1v) is 13.5. The third-order valence-corrected chi connectivity index (χ3v) is 9.29. The van der Waals surface area contributed by atoms with Crippen molar-refractivity contribution >= 4 is 11.1 Å². The van der Waals surface area contributed by atoms with Gasteiger partial charge in [0.25, 0.3) is 0 Å². The first kappa shape index (κ1) is 23.6. The molecule has 194 valence electrons. The van der Waals surface area contributed by atoms with E-state index in [9.17, 15) is 0 Å². The molecule has 0 saturated carbocycles.